The first kappa shape index (κ1) is 14.7. The highest BCUT2D eigenvalue weighted by Gasteiger charge is 2.39. The van der Waals surface area contributed by atoms with Crippen molar-refractivity contribution in [1.29, 1.82) is 0 Å². The summed E-state index contributed by atoms with van der Waals surface area (Å²) < 4.78 is 26.5. The van der Waals surface area contributed by atoms with E-state index in [1.165, 1.54) is 0 Å². The molecular weight excluding hydrogens is 290 g/mol. The first-order valence-corrected chi connectivity index (χ1v) is 7.34. The maximum Gasteiger partial charge on any atom is 0.223 e. The van der Waals surface area contributed by atoms with E-state index in [4.69, 9.17) is 5.73 Å². The van der Waals surface area contributed by atoms with Crippen LogP contribution < -0.4 is 11.1 Å². The van der Waals surface area contributed by atoms with Crippen LogP contribution in [0.15, 0.2) is 23.2 Å². The summed E-state index contributed by atoms with van der Waals surface area (Å²) in [6, 6.07) is 3.49. The zero-order valence-electron chi connectivity index (χ0n) is 12.1. The van der Waals surface area contributed by atoms with E-state index in [9.17, 15) is 13.6 Å². The number of nitrogens with one attached hydrogen (secondary N) is 1. The molecular formula is C15H18F2N4O. The van der Waals surface area contributed by atoms with Crippen molar-refractivity contribution in [1.82, 2.24) is 4.90 Å². The van der Waals surface area contributed by atoms with Gasteiger partial charge in [-0.25, -0.2) is 8.78 Å². The number of rotatable bonds is 4. The lowest BCUT2D eigenvalue weighted by atomic mass is 10.1. The summed E-state index contributed by atoms with van der Waals surface area (Å²) in [6.07, 6.45) is 2.65. The number of nitrogens with zero attached hydrogens (tertiary/aromatic N) is 2. The molecule has 1 aromatic carbocycles. The number of amides is 1. The maximum atomic E-state index is 13.5. The van der Waals surface area contributed by atoms with Crippen LogP contribution in [0.5, 0.6) is 0 Å². The molecule has 1 atom stereocenters. The molecule has 5 nitrogen and oxygen atoms in total. The average molecular weight is 308 g/mol. The summed E-state index contributed by atoms with van der Waals surface area (Å²) >= 11 is 0. The van der Waals surface area contributed by atoms with E-state index in [0.29, 0.717) is 25.6 Å². The Labute approximate surface area is 127 Å². The van der Waals surface area contributed by atoms with Crippen molar-refractivity contribution in [2.45, 2.75) is 25.3 Å². The van der Waals surface area contributed by atoms with Crippen molar-refractivity contribution < 1.29 is 13.6 Å². The zero-order valence-corrected chi connectivity index (χ0v) is 12.1. The first-order chi connectivity index (χ1) is 10.5. The number of hydrogen-bond acceptors (Lipinski definition) is 2. The van der Waals surface area contributed by atoms with Gasteiger partial charge in [0, 0.05) is 37.5 Å². The van der Waals surface area contributed by atoms with Gasteiger partial charge in [0.25, 0.3) is 0 Å². The van der Waals surface area contributed by atoms with Gasteiger partial charge in [0.1, 0.15) is 11.6 Å². The van der Waals surface area contributed by atoms with Gasteiger partial charge >= 0.3 is 0 Å². The van der Waals surface area contributed by atoms with Crippen molar-refractivity contribution in [2.75, 3.05) is 18.4 Å². The van der Waals surface area contributed by atoms with Gasteiger partial charge in [-0.05, 0) is 25.0 Å². The van der Waals surface area contributed by atoms with Crippen molar-refractivity contribution in [3.05, 3.63) is 29.8 Å². The Morgan fingerprint density at radius 3 is 2.91 bits per heavy atom. The fraction of sp³-hybridized carbons (Fsp3) is 0.467. The van der Waals surface area contributed by atoms with Crippen molar-refractivity contribution >= 4 is 17.6 Å². The first-order valence-electron chi connectivity index (χ1n) is 7.34. The number of carbonyl (C=O) groups is 1. The van der Waals surface area contributed by atoms with Gasteiger partial charge in [0.15, 0.2) is 5.96 Å². The molecule has 1 unspecified atom stereocenters. The molecule has 1 heterocycles. The van der Waals surface area contributed by atoms with E-state index in [1.54, 1.807) is 0 Å². The minimum atomic E-state index is -0.601. The third-order valence-electron chi connectivity index (χ3n) is 3.94. The quantitative estimate of drug-likeness (QED) is 0.657. The van der Waals surface area contributed by atoms with E-state index in [0.717, 1.165) is 31.0 Å². The number of anilines is 1. The van der Waals surface area contributed by atoms with Crippen LogP contribution in [0.1, 0.15) is 19.3 Å². The van der Waals surface area contributed by atoms with Crippen LogP contribution in [0.25, 0.3) is 0 Å². The highest BCUT2D eigenvalue weighted by molar-refractivity contribution is 5.92. The molecule has 22 heavy (non-hydrogen) atoms. The number of benzene rings is 1. The molecule has 0 spiro atoms. The highest BCUT2D eigenvalue weighted by Crippen LogP contribution is 2.32. The minimum Gasteiger partial charge on any atom is -0.370 e. The maximum absolute atomic E-state index is 13.5. The van der Waals surface area contributed by atoms with Crippen molar-refractivity contribution in [3.8, 4) is 0 Å². The summed E-state index contributed by atoms with van der Waals surface area (Å²) in [5.41, 5.74) is 5.64. The molecule has 1 aliphatic carbocycles. The molecule has 3 rings (SSSR count). The lowest BCUT2D eigenvalue weighted by molar-refractivity contribution is -0.128. The van der Waals surface area contributed by atoms with Gasteiger partial charge in [-0.15, -0.1) is 0 Å². The van der Waals surface area contributed by atoms with Crippen LogP contribution in [0, 0.1) is 17.6 Å². The Balaban J connectivity index is 1.56. The molecule has 2 fully saturated rings. The van der Waals surface area contributed by atoms with E-state index < -0.39 is 11.6 Å². The average Bonchev–Trinajstić information content (AvgIpc) is 3.24. The Morgan fingerprint density at radius 1 is 1.41 bits per heavy atom. The number of guanidine groups is 1. The van der Waals surface area contributed by atoms with E-state index in [2.05, 4.69) is 10.3 Å². The Bertz CT molecular complexity index is 616. The standard InChI is InChI=1S/C15H18F2N4O/c16-10-1-4-12(17)13(6-10)20-15(18)19-7-9-5-14(22)21(8-9)11-2-3-11/h1,4,6,9,11H,2-3,5,7-8H2,(H3,18,19,20). The second kappa shape index (κ2) is 5.90. The van der Waals surface area contributed by atoms with Gasteiger partial charge in [-0.1, -0.05) is 0 Å². The largest absolute Gasteiger partial charge is 0.370 e. The topological polar surface area (TPSA) is 70.7 Å². The molecule has 7 heteroatoms. The fourth-order valence-electron chi connectivity index (χ4n) is 2.67. The molecule has 1 saturated carbocycles. The summed E-state index contributed by atoms with van der Waals surface area (Å²) in [6.45, 7) is 1.10. The van der Waals surface area contributed by atoms with Crippen LogP contribution in [0.3, 0.4) is 0 Å². The summed E-state index contributed by atoms with van der Waals surface area (Å²) in [5.74, 6) is -0.841. The van der Waals surface area contributed by atoms with Crippen LogP contribution >= 0.6 is 0 Å². The van der Waals surface area contributed by atoms with E-state index in [-0.39, 0.29) is 23.5 Å². The number of nitrogens with two attached hydrogens (primary N) is 1. The Hall–Kier alpha value is -2.18. The smallest absolute Gasteiger partial charge is 0.223 e. The van der Waals surface area contributed by atoms with E-state index >= 15 is 0 Å². The predicted octanol–water partition coefficient (Wildman–Crippen LogP) is 1.70. The minimum absolute atomic E-state index is 0.0156. The molecule has 3 N–H and O–H groups in total. The van der Waals surface area contributed by atoms with Crippen LogP contribution in [0.2, 0.25) is 0 Å². The number of halogens is 2. The molecule has 2 aliphatic rings. The van der Waals surface area contributed by atoms with Crippen molar-refractivity contribution in [3.63, 3.8) is 0 Å². The molecule has 0 radical (unpaired) electrons. The van der Waals surface area contributed by atoms with Crippen molar-refractivity contribution in [2.24, 2.45) is 16.6 Å². The molecule has 0 aromatic heterocycles. The predicted molar refractivity (Wildman–Crippen MR) is 79.3 cm³/mol. The number of carbonyl (C=O) groups excluding carboxylic acids is 1. The van der Waals surface area contributed by atoms with Gasteiger partial charge in [0.05, 0.1) is 5.69 Å². The fourth-order valence-corrected chi connectivity index (χ4v) is 2.67. The molecule has 1 saturated heterocycles. The van der Waals surface area contributed by atoms with Crippen LogP contribution in [-0.2, 0) is 4.79 Å². The summed E-state index contributed by atoms with van der Waals surface area (Å²) in [7, 11) is 0. The normalized spacial score (nSPS) is 22.3. The second-order valence-electron chi connectivity index (χ2n) is 5.82. The number of likely N-dealkylation sites (tertiary alicyclic amines) is 1. The Morgan fingerprint density at radius 2 is 2.18 bits per heavy atom. The monoisotopic (exact) mass is 308 g/mol. The number of hydrogen-bond donors (Lipinski definition) is 2. The zero-order chi connectivity index (χ0) is 15.7. The third-order valence-corrected chi connectivity index (χ3v) is 3.94. The van der Waals surface area contributed by atoms with Gasteiger partial charge in [0.2, 0.25) is 5.91 Å². The molecule has 118 valence electrons. The second-order valence-corrected chi connectivity index (χ2v) is 5.82. The lowest BCUT2D eigenvalue weighted by Gasteiger charge is -2.14. The van der Waals surface area contributed by atoms with Gasteiger partial charge in [-0.2, -0.15) is 0 Å². The molecule has 0 bridgehead atoms. The SMILES string of the molecule is NC(=NCC1CC(=O)N(C2CC2)C1)Nc1cc(F)ccc1F. The number of aliphatic imine (C=N–C) groups is 1. The molecule has 1 aromatic rings. The van der Waals surface area contributed by atoms with Gasteiger partial charge < -0.3 is 16.0 Å². The lowest BCUT2D eigenvalue weighted by Crippen LogP contribution is -2.28. The summed E-state index contributed by atoms with van der Waals surface area (Å²) in [5, 5.41) is 2.55. The summed E-state index contributed by atoms with van der Waals surface area (Å²) in [4.78, 5) is 17.9. The van der Waals surface area contributed by atoms with E-state index in [1.807, 2.05) is 4.90 Å². The van der Waals surface area contributed by atoms with Crippen LogP contribution in [-0.4, -0.2) is 35.9 Å². The third kappa shape index (κ3) is 3.35. The highest BCUT2D eigenvalue weighted by atomic mass is 19.1. The van der Waals surface area contributed by atoms with Crippen LogP contribution in [0.4, 0.5) is 14.5 Å². The molecule has 1 amide bonds. The molecule has 1 aliphatic heterocycles. The Kier molecular flexibility index (Phi) is 3.96. The van der Waals surface area contributed by atoms with Gasteiger partial charge in [-0.3, -0.25) is 9.79 Å².